The number of ketones is 1. The first kappa shape index (κ1) is 36.1. The number of aliphatic hydroxyl groups is 2. The fraction of sp³-hybridized carbons (Fsp3) is 0.568. The van der Waals surface area contributed by atoms with Crippen LogP contribution in [-0.4, -0.2) is 72.1 Å². The van der Waals surface area contributed by atoms with E-state index < -0.39 is 29.0 Å². The van der Waals surface area contributed by atoms with Crippen LogP contribution in [0.1, 0.15) is 98.7 Å². The number of hydrogen-bond donors (Lipinski definition) is 2. The summed E-state index contributed by atoms with van der Waals surface area (Å²) in [6.07, 6.45) is 5.52. The molecule has 9 heteroatoms. The van der Waals surface area contributed by atoms with E-state index in [2.05, 4.69) is 19.9 Å². The summed E-state index contributed by atoms with van der Waals surface area (Å²) in [5, 5.41) is 23.6. The topological polar surface area (TPSA) is 96.3 Å². The highest BCUT2D eigenvalue weighted by molar-refractivity contribution is 6.31. The number of benzene rings is 2. The van der Waals surface area contributed by atoms with Gasteiger partial charge in [0.25, 0.3) is 0 Å². The number of nitrogens with zero attached hydrogens (tertiary/aromatic N) is 1. The summed E-state index contributed by atoms with van der Waals surface area (Å²) in [5.41, 5.74) is 1.37. The first-order valence-corrected chi connectivity index (χ1v) is 16.9. The lowest BCUT2D eigenvalue weighted by Crippen LogP contribution is -2.54. The number of methoxy groups -OCH3 is 1. The van der Waals surface area contributed by atoms with Gasteiger partial charge in [0.1, 0.15) is 5.82 Å². The van der Waals surface area contributed by atoms with E-state index in [1.165, 1.54) is 17.7 Å². The molecule has 4 atom stereocenters. The molecule has 1 amide bonds. The Kier molecular flexibility index (Phi) is 12.4. The predicted molar refractivity (Wildman–Crippen MR) is 178 cm³/mol. The van der Waals surface area contributed by atoms with Crippen LogP contribution in [0, 0.1) is 11.2 Å². The Morgan fingerprint density at radius 3 is 2.67 bits per heavy atom. The van der Waals surface area contributed by atoms with Gasteiger partial charge in [-0.15, -0.1) is 0 Å². The third-order valence-electron chi connectivity index (χ3n) is 10.1. The van der Waals surface area contributed by atoms with Crippen molar-refractivity contribution >= 4 is 23.5 Å². The molecule has 3 aliphatic carbocycles. The van der Waals surface area contributed by atoms with Gasteiger partial charge in [-0.2, -0.15) is 0 Å². The van der Waals surface area contributed by atoms with Crippen LogP contribution in [0.4, 0.5) is 9.18 Å². The van der Waals surface area contributed by atoms with Gasteiger partial charge >= 0.3 is 6.09 Å². The monoisotopic (exact) mass is 657 g/mol. The molecular weight excluding hydrogens is 609 g/mol. The lowest BCUT2D eigenvalue weighted by molar-refractivity contribution is -0.0814. The Labute approximate surface area is 277 Å². The zero-order valence-corrected chi connectivity index (χ0v) is 28.4. The maximum atomic E-state index is 14.8. The average molecular weight is 658 g/mol. The minimum atomic E-state index is -1.28. The third-order valence-corrected chi connectivity index (χ3v) is 10.5. The van der Waals surface area contributed by atoms with Crippen molar-refractivity contribution < 1.29 is 33.7 Å². The number of rotatable bonds is 10. The molecule has 2 aromatic carbocycles. The number of aliphatic hydroxyl groups excluding tert-OH is 1. The van der Waals surface area contributed by atoms with E-state index in [9.17, 15) is 24.2 Å². The smallest absolute Gasteiger partial charge is 0.409 e. The molecule has 0 aliphatic heterocycles. The normalized spacial score (nSPS) is 25.0. The number of carbonyl (C=O) groups is 2. The van der Waals surface area contributed by atoms with Crippen LogP contribution in [0.5, 0.6) is 0 Å². The standard InChI is InChI=1S/C37H49ClFNO6/c1-5-46-35(43)40(19-8-20-45-4)24-37(44)18-16-31-28-15-13-26(21-27(41)14-12-25(2)9-7-17-36(31,37)3)22-29(28)34(42)23-30-32(38)10-6-11-33(30)39/h6,9-11,13,15,22,27,31,41,44H,5,7-8,12,14,16-21,23-24H2,1-4H3/t27-,31-,36-,37+/m0/s1. The fourth-order valence-electron chi connectivity index (χ4n) is 7.36. The summed E-state index contributed by atoms with van der Waals surface area (Å²) in [6, 6.07) is 10.1. The van der Waals surface area contributed by atoms with E-state index >= 15 is 0 Å². The van der Waals surface area contributed by atoms with Crippen molar-refractivity contribution in [2.24, 2.45) is 5.41 Å². The quantitative estimate of drug-likeness (QED) is 0.157. The Morgan fingerprint density at radius 2 is 1.96 bits per heavy atom. The van der Waals surface area contributed by atoms with Gasteiger partial charge < -0.3 is 24.6 Å². The van der Waals surface area contributed by atoms with Gasteiger partial charge in [-0.25, -0.2) is 9.18 Å². The summed E-state index contributed by atoms with van der Waals surface area (Å²) in [5.74, 6) is -1.04. The first-order valence-electron chi connectivity index (χ1n) is 16.5. The maximum Gasteiger partial charge on any atom is 0.409 e. The van der Waals surface area contributed by atoms with Crippen molar-refractivity contribution in [1.29, 1.82) is 0 Å². The number of Topliss-reactive ketones (excluding diaryl/α,β-unsaturated/α-hetero) is 1. The van der Waals surface area contributed by atoms with E-state index in [0.29, 0.717) is 63.7 Å². The number of amides is 1. The molecule has 2 bridgehead atoms. The van der Waals surface area contributed by atoms with Gasteiger partial charge in [0.15, 0.2) is 5.78 Å². The Hall–Kier alpha value is -2.78. The summed E-state index contributed by atoms with van der Waals surface area (Å²) >= 11 is 6.33. The first-order chi connectivity index (χ1) is 21.9. The summed E-state index contributed by atoms with van der Waals surface area (Å²) < 4.78 is 25.4. The predicted octanol–water partition coefficient (Wildman–Crippen LogP) is 7.44. The molecule has 0 saturated heterocycles. The molecule has 1 saturated carbocycles. The van der Waals surface area contributed by atoms with Gasteiger partial charge in [-0.05, 0) is 100 Å². The van der Waals surface area contributed by atoms with Crippen LogP contribution in [0.2, 0.25) is 5.02 Å². The minimum absolute atomic E-state index is 0.0869. The summed E-state index contributed by atoms with van der Waals surface area (Å²) in [6.45, 7) is 7.04. The third kappa shape index (κ3) is 8.19. The number of halogens is 2. The van der Waals surface area contributed by atoms with Crippen LogP contribution >= 0.6 is 11.6 Å². The molecule has 252 valence electrons. The molecule has 0 heterocycles. The molecule has 2 aromatic rings. The molecule has 0 spiro atoms. The van der Waals surface area contributed by atoms with Crippen LogP contribution in [0.15, 0.2) is 48.0 Å². The van der Waals surface area contributed by atoms with Crippen molar-refractivity contribution in [3.63, 3.8) is 0 Å². The number of fused-ring (bicyclic) bond motifs is 8. The molecule has 1 fully saturated rings. The van der Waals surface area contributed by atoms with Crippen LogP contribution in [-0.2, 0) is 22.3 Å². The van der Waals surface area contributed by atoms with Crippen molar-refractivity contribution in [3.8, 4) is 0 Å². The average Bonchev–Trinajstić information content (AvgIpc) is 3.26. The molecule has 7 nitrogen and oxygen atoms in total. The highest BCUT2D eigenvalue weighted by Crippen LogP contribution is 2.59. The van der Waals surface area contributed by atoms with Gasteiger partial charge in [0.05, 0.1) is 24.9 Å². The molecule has 0 radical (unpaired) electrons. The van der Waals surface area contributed by atoms with Crippen molar-refractivity contribution in [1.82, 2.24) is 4.90 Å². The van der Waals surface area contributed by atoms with E-state index in [4.69, 9.17) is 21.1 Å². The molecule has 0 aromatic heterocycles. The van der Waals surface area contributed by atoms with Gasteiger partial charge in [-0.1, -0.05) is 48.4 Å². The lowest BCUT2D eigenvalue weighted by atomic mass is 9.64. The maximum absolute atomic E-state index is 14.8. The van der Waals surface area contributed by atoms with Crippen molar-refractivity contribution in [3.05, 3.63) is 81.1 Å². The highest BCUT2D eigenvalue weighted by Gasteiger charge is 2.57. The Morgan fingerprint density at radius 1 is 1.17 bits per heavy atom. The number of carbonyl (C=O) groups excluding carboxylic acids is 2. The molecule has 0 unspecified atom stereocenters. The minimum Gasteiger partial charge on any atom is -0.450 e. The van der Waals surface area contributed by atoms with Crippen LogP contribution in [0.3, 0.4) is 0 Å². The number of ether oxygens (including phenoxy) is 2. The molecule has 5 rings (SSSR count). The molecule has 3 aliphatic rings. The van der Waals surface area contributed by atoms with Gasteiger partial charge in [0.2, 0.25) is 0 Å². The largest absolute Gasteiger partial charge is 0.450 e. The summed E-state index contributed by atoms with van der Waals surface area (Å²) in [7, 11) is 1.61. The second-order valence-electron chi connectivity index (χ2n) is 13.2. The molecule has 2 N–H and O–H groups in total. The SMILES string of the molecule is CCOC(=O)N(CCCOC)C[C@]1(O)CC[C@H]2c3ccc(cc3C(=O)Cc3c(F)cccc3Cl)C[C@@H](O)CCC(C)=CCC[C@@]21C. The number of hydrogen-bond acceptors (Lipinski definition) is 6. The van der Waals surface area contributed by atoms with Crippen molar-refractivity contribution in [2.75, 3.05) is 33.4 Å². The van der Waals surface area contributed by atoms with Crippen LogP contribution in [0.25, 0.3) is 0 Å². The summed E-state index contributed by atoms with van der Waals surface area (Å²) in [4.78, 5) is 28.8. The van der Waals surface area contributed by atoms with E-state index in [0.717, 1.165) is 17.5 Å². The zero-order chi connectivity index (χ0) is 33.5. The molecular formula is C37H49ClFNO6. The highest BCUT2D eigenvalue weighted by atomic mass is 35.5. The lowest BCUT2D eigenvalue weighted by Gasteiger charge is -2.46. The Bertz CT molecular complexity index is 1390. The number of allylic oxidation sites excluding steroid dienone is 2. The zero-order valence-electron chi connectivity index (χ0n) is 27.6. The second-order valence-corrected chi connectivity index (χ2v) is 13.6. The Balaban J connectivity index is 1.80. The van der Waals surface area contributed by atoms with E-state index in [-0.39, 0.29) is 41.9 Å². The van der Waals surface area contributed by atoms with Crippen molar-refractivity contribution in [2.45, 2.75) is 96.2 Å². The molecule has 46 heavy (non-hydrogen) atoms. The second kappa shape index (κ2) is 15.9. The fourth-order valence-corrected chi connectivity index (χ4v) is 7.59. The van der Waals surface area contributed by atoms with E-state index in [1.54, 1.807) is 25.0 Å². The van der Waals surface area contributed by atoms with Crippen LogP contribution < -0.4 is 0 Å². The van der Waals surface area contributed by atoms with E-state index in [1.807, 2.05) is 18.2 Å². The van der Waals surface area contributed by atoms with Gasteiger partial charge in [-0.3, -0.25) is 4.79 Å². The van der Waals surface area contributed by atoms with Gasteiger partial charge in [0, 0.05) is 48.2 Å².